The summed E-state index contributed by atoms with van der Waals surface area (Å²) in [5.41, 5.74) is 4.58. The molecule has 1 heterocycles. The molecule has 0 aromatic heterocycles. The van der Waals surface area contributed by atoms with Gasteiger partial charge in [0.25, 0.3) is 0 Å². The van der Waals surface area contributed by atoms with E-state index in [9.17, 15) is 0 Å². The van der Waals surface area contributed by atoms with E-state index in [1.54, 1.807) is 11.1 Å². The van der Waals surface area contributed by atoms with Crippen molar-refractivity contribution in [2.75, 3.05) is 13.1 Å². The fourth-order valence-corrected chi connectivity index (χ4v) is 3.63. The summed E-state index contributed by atoms with van der Waals surface area (Å²) in [4.78, 5) is 2.69. The van der Waals surface area contributed by atoms with E-state index in [0.29, 0.717) is 0 Å². The Morgan fingerprint density at radius 1 is 1.11 bits per heavy atom. The molecular formula is C17H25N. The maximum Gasteiger partial charge on any atom is 0.0236 e. The maximum absolute atomic E-state index is 2.69. The topological polar surface area (TPSA) is 3.24 Å². The van der Waals surface area contributed by atoms with Gasteiger partial charge in [0.05, 0.1) is 0 Å². The molecule has 2 aliphatic rings. The Balaban J connectivity index is 1.62. The number of nitrogens with zero attached hydrogens (tertiary/aromatic N) is 1. The molecule has 0 saturated heterocycles. The molecule has 1 aromatic rings. The molecule has 3 rings (SSSR count). The number of benzene rings is 1. The summed E-state index contributed by atoms with van der Waals surface area (Å²) >= 11 is 0. The minimum atomic E-state index is 0.978. The second-order valence-corrected chi connectivity index (χ2v) is 6.26. The Kier molecular flexibility index (Phi) is 3.69. The fraction of sp³-hybridized carbons (Fsp3) is 0.647. The molecule has 0 atom stereocenters. The number of rotatable bonds is 2. The van der Waals surface area contributed by atoms with Crippen molar-refractivity contribution in [3.63, 3.8) is 0 Å². The van der Waals surface area contributed by atoms with Gasteiger partial charge in [0.2, 0.25) is 0 Å². The summed E-state index contributed by atoms with van der Waals surface area (Å²) in [6.07, 6.45) is 8.60. The van der Waals surface area contributed by atoms with Gasteiger partial charge in [0, 0.05) is 19.6 Å². The smallest absolute Gasteiger partial charge is 0.0236 e. The number of fused-ring (bicyclic) bond motifs is 1. The van der Waals surface area contributed by atoms with Gasteiger partial charge in [0.15, 0.2) is 0 Å². The zero-order valence-corrected chi connectivity index (χ0v) is 11.6. The first-order valence-corrected chi connectivity index (χ1v) is 7.62. The number of hydrogen-bond donors (Lipinski definition) is 0. The van der Waals surface area contributed by atoms with Crippen molar-refractivity contribution in [3.05, 3.63) is 34.9 Å². The first-order chi connectivity index (χ1) is 8.81. The Labute approximate surface area is 111 Å². The molecule has 0 spiro atoms. The van der Waals surface area contributed by atoms with Gasteiger partial charge in [-0.3, -0.25) is 4.90 Å². The van der Waals surface area contributed by atoms with Crippen LogP contribution in [-0.4, -0.2) is 18.0 Å². The van der Waals surface area contributed by atoms with E-state index in [-0.39, 0.29) is 0 Å². The van der Waals surface area contributed by atoms with Crippen LogP contribution in [0, 0.1) is 12.8 Å². The van der Waals surface area contributed by atoms with Crippen molar-refractivity contribution < 1.29 is 0 Å². The molecule has 0 unspecified atom stereocenters. The van der Waals surface area contributed by atoms with E-state index in [1.807, 2.05) is 0 Å². The van der Waals surface area contributed by atoms with Crippen molar-refractivity contribution in [1.29, 1.82) is 0 Å². The lowest BCUT2D eigenvalue weighted by atomic mass is 9.88. The summed E-state index contributed by atoms with van der Waals surface area (Å²) in [5, 5.41) is 0. The second-order valence-electron chi connectivity index (χ2n) is 6.26. The molecule has 0 radical (unpaired) electrons. The first-order valence-electron chi connectivity index (χ1n) is 7.62. The van der Waals surface area contributed by atoms with Crippen LogP contribution in [0.4, 0.5) is 0 Å². The van der Waals surface area contributed by atoms with Gasteiger partial charge in [-0.25, -0.2) is 0 Å². The molecule has 1 aliphatic heterocycles. The van der Waals surface area contributed by atoms with Crippen LogP contribution in [0.15, 0.2) is 18.2 Å². The Morgan fingerprint density at radius 2 is 1.94 bits per heavy atom. The van der Waals surface area contributed by atoms with Crippen LogP contribution in [-0.2, 0) is 13.0 Å². The lowest BCUT2D eigenvalue weighted by molar-refractivity contribution is 0.187. The third-order valence-corrected chi connectivity index (χ3v) is 4.69. The Morgan fingerprint density at radius 3 is 2.78 bits per heavy atom. The summed E-state index contributed by atoms with van der Waals surface area (Å²) in [6.45, 7) is 6.00. The lowest BCUT2D eigenvalue weighted by Gasteiger charge is -2.33. The molecule has 1 aromatic carbocycles. The molecule has 1 heteroatoms. The minimum absolute atomic E-state index is 0.978. The summed E-state index contributed by atoms with van der Waals surface area (Å²) in [5.74, 6) is 0.978. The van der Waals surface area contributed by atoms with Gasteiger partial charge in [0.1, 0.15) is 0 Å². The molecular weight excluding hydrogens is 218 g/mol. The normalized spacial score (nSPS) is 21.8. The molecule has 1 nitrogen and oxygen atoms in total. The van der Waals surface area contributed by atoms with E-state index >= 15 is 0 Å². The van der Waals surface area contributed by atoms with Crippen LogP contribution in [0.3, 0.4) is 0 Å². The van der Waals surface area contributed by atoms with Gasteiger partial charge < -0.3 is 0 Å². The van der Waals surface area contributed by atoms with Gasteiger partial charge in [-0.2, -0.15) is 0 Å². The predicted octanol–water partition coefficient (Wildman–Crippen LogP) is 3.93. The standard InChI is InChI=1S/C17H25N/c1-14-7-8-17-13-18(10-9-16(17)11-14)12-15-5-3-2-4-6-15/h7-8,11,15H,2-6,9-10,12-13H2,1H3. The zero-order chi connectivity index (χ0) is 12.4. The van der Waals surface area contributed by atoms with Crippen LogP contribution >= 0.6 is 0 Å². The highest BCUT2D eigenvalue weighted by Gasteiger charge is 2.20. The Hall–Kier alpha value is -0.820. The first kappa shape index (κ1) is 12.2. The van der Waals surface area contributed by atoms with Gasteiger partial charge >= 0.3 is 0 Å². The van der Waals surface area contributed by atoms with Crippen molar-refractivity contribution in [2.45, 2.75) is 52.0 Å². The highest BCUT2D eigenvalue weighted by atomic mass is 15.1. The van der Waals surface area contributed by atoms with E-state index in [0.717, 1.165) is 5.92 Å². The van der Waals surface area contributed by atoms with E-state index in [2.05, 4.69) is 30.0 Å². The van der Waals surface area contributed by atoms with E-state index < -0.39 is 0 Å². The fourth-order valence-electron chi connectivity index (χ4n) is 3.63. The molecule has 1 aliphatic carbocycles. The molecule has 0 amide bonds. The van der Waals surface area contributed by atoms with Crippen molar-refractivity contribution in [1.82, 2.24) is 4.90 Å². The zero-order valence-electron chi connectivity index (χ0n) is 11.6. The van der Waals surface area contributed by atoms with Gasteiger partial charge in [-0.05, 0) is 43.2 Å². The largest absolute Gasteiger partial charge is 0.298 e. The van der Waals surface area contributed by atoms with E-state index in [1.165, 1.54) is 63.7 Å². The molecule has 1 fully saturated rings. The Bertz CT molecular complexity index is 404. The molecule has 98 valence electrons. The minimum Gasteiger partial charge on any atom is -0.298 e. The lowest BCUT2D eigenvalue weighted by Crippen LogP contribution is -2.35. The summed E-state index contributed by atoms with van der Waals surface area (Å²) < 4.78 is 0. The number of aryl methyl sites for hydroxylation is 1. The second kappa shape index (κ2) is 5.44. The molecule has 0 bridgehead atoms. The third kappa shape index (κ3) is 2.77. The molecule has 18 heavy (non-hydrogen) atoms. The van der Waals surface area contributed by atoms with Crippen LogP contribution in [0.2, 0.25) is 0 Å². The van der Waals surface area contributed by atoms with Gasteiger partial charge in [-0.15, -0.1) is 0 Å². The van der Waals surface area contributed by atoms with E-state index in [4.69, 9.17) is 0 Å². The summed E-state index contributed by atoms with van der Waals surface area (Å²) in [7, 11) is 0. The van der Waals surface area contributed by atoms with Crippen LogP contribution in [0.25, 0.3) is 0 Å². The highest BCUT2D eigenvalue weighted by Crippen LogP contribution is 2.27. The SMILES string of the molecule is Cc1ccc2c(c1)CCN(CC1CCCCC1)C2. The third-order valence-electron chi connectivity index (χ3n) is 4.69. The highest BCUT2D eigenvalue weighted by molar-refractivity contribution is 5.33. The van der Waals surface area contributed by atoms with Gasteiger partial charge in [-0.1, -0.05) is 43.0 Å². The van der Waals surface area contributed by atoms with Crippen LogP contribution < -0.4 is 0 Å². The summed E-state index contributed by atoms with van der Waals surface area (Å²) in [6, 6.07) is 6.99. The van der Waals surface area contributed by atoms with Crippen molar-refractivity contribution >= 4 is 0 Å². The van der Waals surface area contributed by atoms with Crippen LogP contribution in [0.1, 0.15) is 48.8 Å². The monoisotopic (exact) mass is 243 g/mol. The van der Waals surface area contributed by atoms with Crippen molar-refractivity contribution in [3.8, 4) is 0 Å². The molecule has 1 saturated carbocycles. The number of hydrogen-bond acceptors (Lipinski definition) is 1. The average molecular weight is 243 g/mol. The quantitative estimate of drug-likeness (QED) is 0.760. The predicted molar refractivity (Wildman–Crippen MR) is 76.7 cm³/mol. The molecule has 0 N–H and O–H groups in total. The maximum atomic E-state index is 2.69. The van der Waals surface area contributed by atoms with Crippen molar-refractivity contribution in [2.24, 2.45) is 5.92 Å². The average Bonchev–Trinajstić information content (AvgIpc) is 2.40. The van der Waals surface area contributed by atoms with Crippen LogP contribution in [0.5, 0.6) is 0 Å².